The quantitative estimate of drug-likeness (QED) is 0.671. The molecule has 10 heteroatoms. The van der Waals surface area contributed by atoms with E-state index in [1.165, 1.54) is 0 Å². The van der Waals surface area contributed by atoms with Crippen LogP contribution in [0.4, 0.5) is 0 Å². The van der Waals surface area contributed by atoms with Gasteiger partial charge in [0.05, 0.1) is 12.2 Å². The number of hydrogen-bond donors (Lipinski definition) is 0. The zero-order valence-electron chi connectivity index (χ0n) is 15.2. The average Bonchev–Trinajstić information content (AvgIpc) is 3.51. The van der Waals surface area contributed by atoms with E-state index in [1.807, 2.05) is 11.8 Å². The Bertz CT molecular complexity index is 1030. The minimum Gasteiger partial charge on any atom is -0.454 e. The maximum atomic E-state index is 12.8. The molecule has 1 saturated heterocycles. The standard InChI is InChI=1S/C18H18N6O4/c1-2-16-19-17(28-21-16)13-9-24(22-20-13)12-5-6-23(8-12)18(25)11-3-4-14-15(7-11)27-10-26-14/h3-4,7,9,12H,2,5-6,8,10H2,1H3/t12-/m1/s1. The van der Waals surface area contributed by atoms with Gasteiger partial charge in [-0.15, -0.1) is 5.10 Å². The molecule has 1 aromatic carbocycles. The van der Waals surface area contributed by atoms with Crippen molar-refractivity contribution in [2.45, 2.75) is 25.8 Å². The summed E-state index contributed by atoms with van der Waals surface area (Å²) in [6.07, 6.45) is 3.27. The number of aromatic nitrogens is 5. The van der Waals surface area contributed by atoms with Gasteiger partial charge >= 0.3 is 0 Å². The molecule has 0 radical (unpaired) electrons. The molecule has 2 aliphatic heterocycles. The molecular weight excluding hydrogens is 364 g/mol. The maximum absolute atomic E-state index is 12.8. The van der Waals surface area contributed by atoms with Crippen LogP contribution in [0.3, 0.4) is 0 Å². The zero-order chi connectivity index (χ0) is 19.1. The molecule has 1 amide bonds. The molecule has 3 aromatic rings. The van der Waals surface area contributed by atoms with Crippen LogP contribution in [0.2, 0.25) is 0 Å². The molecule has 28 heavy (non-hydrogen) atoms. The van der Waals surface area contributed by atoms with Gasteiger partial charge in [-0.1, -0.05) is 17.3 Å². The van der Waals surface area contributed by atoms with E-state index in [4.69, 9.17) is 14.0 Å². The Hall–Kier alpha value is -3.43. The highest BCUT2D eigenvalue weighted by Gasteiger charge is 2.30. The first kappa shape index (κ1) is 16.7. The number of carbonyl (C=O) groups excluding carboxylic acids is 1. The van der Waals surface area contributed by atoms with Crippen LogP contribution in [0.5, 0.6) is 11.5 Å². The van der Waals surface area contributed by atoms with Gasteiger partial charge in [-0.2, -0.15) is 4.98 Å². The van der Waals surface area contributed by atoms with E-state index in [2.05, 4.69) is 20.5 Å². The Labute approximate surface area is 160 Å². The first-order valence-electron chi connectivity index (χ1n) is 9.15. The number of nitrogens with zero attached hydrogens (tertiary/aromatic N) is 6. The minimum atomic E-state index is -0.0365. The molecule has 2 aliphatic rings. The number of aryl methyl sites for hydroxylation is 1. The Morgan fingerprint density at radius 3 is 3.04 bits per heavy atom. The second-order valence-corrected chi connectivity index (χ2v) is 6.71. The monoisotopic (exact) mass is 382 g/mol. The number of amides is 1. The molecule has 5 rings (SSSR count). The summed E-state index contributed by atoms with van der Waals surface area (Å²) in [5.74, 6) is 2.22. The third kappa shape index (κ3) is 2.86. The van der Waals surface area contributed by atoms with Crippen LogP contribution in [0.25, 0.3) is 11.6 Å². The van der Waals surface area contributed by atoms with Crippen LogP contribution >= 0.6 is 0 Å². The fourth-order valence-electron chi connectivity index (χ4n) is 3.41. The predicted molar refractivity (Wildman–Crippen MR) is 94.8 cm³/mol. The van der Waals surface area contributed by atoms with E-state index in [1.54, 1.807) is 29.1 Å². The van der Waals surface area contributed by atoms with Crippen LogP contribution in [-0.4, -0.2) is 55.8 Å². The summed E-state index contributed by atoms with van der Waals surface area (Å²) in [4.78, 5) is 18.9. The summed E-state index contributed by atoms with van der Waals surface area (Å²) in [6.45, 7) is 3.34. The van der Waals surface area contributed by atoms with E-state index in [9.17, 15) is 4.79 Å². The topological polar surface area (TPSA) is 108 Å². The van der Waals surface area contributed by atoms with Crippen molar-refractivity contribution in [3.05, 3.63) is 35.8 Å². The number of ether oxygens (including phenoxy) is 2. The first-order valence-corrected chi connectivity index (χ1v) is 9.15. The molecule has 144 valence electrons. The van der Waals surface area contributed by atoms with Crippen molar-refractivity contribution >= 4 is 5.91 Å². The molecule has 0 spiro atoms. The number of benzene rings is 1. The molecule has 0 N–H and O–H groups in total. The van der Waals surface area contributed by atoms with E-state index >= 15 is 0 Å². The summed E-state index contributed by atoms with van der Waals surface area (Å²) in [6, 6.07) is 5.30. The summed E-state index contributed by atoms with van der Waals surface area (Å²) in [5, 5.41) is 12.2. The molecule has 0 unspecified atom stereocenters. The first-order chi connectivity index (χ1) is 13.7. The Morgan fingerprint density at radius 1 is 1.29 bits per heavy atom. The van der Waals surface area contributed by atoms with Crippen molar-refractivity contribution in [3.8, 4) is 23.1 Å². The second kappa shape index (κ2) is 6.63. The molecule has 0 bridgehead atoms. The largest absolute Gasteiger partial charge is 0.454 e. The maximum Gasteiger partial charge on any atom is 0.280 e. The van der Waals surface area contributed by atoms with Crippen molar-refractivity contribution in [3.63, 3.8) is 0 Å². The van der Waals surface area contributed by atoms with E-state index in [0.29, 0.717) is 54.0 Å². The van der Waals surface area contributed by atoms with Crippen molar-refractivity contribution < 1.29 is 18.8 Å². The fourth-order valence-corrected chi connectivity index (χ4v) is 3.41. The van der Waals surface area contributed by atoms with Crippen LogP contribution < -0.4 is 9.47 Å². The van der Waals surface area contributed by atoms with Gasteiger partial charge in [0.2, 0.25) is 6.79 Å². The minimum absolute atomic E-state index is 0.0365. The number of likely N-dealkylation sites (tertiary alicyclic amines) is 1. The predicted octanol–water partition coefficient (Wildman–Crippen LogP) is 1.71. The fraction of sp³-hybridized carbons (Fsp3) is 0.389. The van der Waals surface area contributed by atoms with Gasteiger partial charge in [0.15, 0.2) is 23.0 Å². The van der Waals surface area contributed by atoms with Crippen LogP contribution in [0.15, 0.2) is 28.9 Å². The Morgan fingerprint density at radius 2 is 2.18 bits per heavy atom. The van der Waals surface area contributed by atoms with Gasteiger partial charge in [-0.3, -0.25) is 4.79 Å². The van der Waals surface area contributed by atoms with Gasteiger partial charge in [0, 0.05) is 25.1 Å². The van der Waals surface area contributed by atoms with Crippen molar-refractivity contribution in [2.24, 2.45) is 0 Å². The third-order valence-electron chi connectivity index (χ3n) is 4.96. The van der Waals surface area contributed by atoms with Gasteiger partial charge in [0.1, 0.15) is 0 Å². The highest BCUT2D eigenvalue weighted by atomic mass is 16.7. The molecular formula is C18H18N6O4. The van der Waals surface area contributed by atoms with Crippen LogP contribution in [-0.2, 0) is 6.42 Å². The second-order valence-electron chi connectivity index (χ2n) is 6.71. The molecule has 2 aromatic heterocycles. The van der Waals surface area contributed by atoms with E-state index in [-0.39, 0.29) is 18.7 Å². The van der Waals surface area contributed by atoms with E-state index in [0.717, 1.165) is 6.42 Å². The summed E-state index contributed by atoms with van der Waals surface area (Å²) < 4.78 is 17.6. The number of fused-ring (bicyclic) bond motifs is 1. The van der Waals surface area contributed by atoms with Gasteiger partial charge < -0.3 is 18.9 Å². The van der Waals surface area contributed by atoms with Gasteiger partial charge in [-0.05, 0) is 24.6 Å². The number of rotatable bonds is 4. The normalized spacial score (nSPS) is 18.0. The lowest BCUT2D eigenvalue weighted by molar-refractivity contribution is 0.0786. The van der Waals surface area contributed by atoms with Gasteiger partial charge in [-0.25, -0.2) is 4.68 Å². The lowest BCUT2D eigenvalue weighted by atomic mass is 10.2. The molecule has 1 atom stereocenters. The van der Waals surface area contributed by atoms with Gasteiger partial charge in [0.25, 0.3) is 11.8 Å². The zero-order valence-corrected chi connectivity index (χ0v) is 15.2. The molecule has 1 fully saturated rings. The SMILES string of the molecule is CCc1noc(-c2cn([C@@H]3CCN(C(=O)c4ccc5c(c4)OCO5)C3)nn2)n1. The van der Waals surface area contributed by atoms with Crippen molar-refractivity contribution in [1.29, 1.82) is 0 Å². The lowest BCUT2D eigenvalue weighted by Crippen LogP contribution is -2.29. The number of carbonyl (C=O) groups is 1. The van der Waals surface area contributed by atoms with Crippen LogP contribution in [0.1, 0.15) is 35.6 Å². The Kier molecular flexibility index (Phi) is 3.96. The third-order valence-corrected chi connectivity index (χ3v) is 4.96. The molecule has 0 aliphatic carbocycles. The Balaban J connectivity index is 1.29. The summed E-state index contributed by atoms with van der Waals surface area (Å²) in [5.41, 5.74) is 1.12. The summed E-state index contributed by atoms with van der Waals surface area (Å²) >= 11 is 0. The average molecular weight is 382 g/mol. The van der Waals surface area contributed by atoms with Crippen molar-refractivity contribution in [2.75, 3.05) is 19.9 Å². The highest BCUT2D eigenvalue weighted by molar-refractivity contribution is 5.95. The van der Waals surface area contributed by atoms with Crippen molar-refractivity contribution in [1.82, 2.24) is 30.0 Å². The molecule has 10 nitrogen and oxygen atoms in total. The molecule has 0 saturated carbocycles. The summed E-state index contributed by atoms with van der Waals surface area (Å²) in [7, 11) is 0. The van der Waals surface area contributed by atoms with Crippen LogP contribution in [0, 0.1) is 0 Å². The molecule has 4 heterocycles. The lowest BCUT2D eigenvalue weighted by Gasteiger charge is -2.16. The van der Waals surface area contributed by atoms with E-state index < -0.39 is 0 Å². The number of hydrogen-bond acceptors (Lipinski definition) is 8. The highest BCUT2D eigenvalue weighted by Crippen LogP contribution is 2.33. The smallest absolute Gasteiger partial charge is 0.280 e.